The van der Waals surface area contributed by atoms with Gasteiger partial charge in [-0.25, -0.2) is 4.98 Å². The van der Waals surface area contributed by atoms with Crippen molar-refractivity contribution in [2.75, 3.05) is 11.9 Å². The fraction of sp³-hybridized carbons (Fsp3) is 0.333. The molecule has 4 nitrogen and oxygen atoms in total. The van der Waals surface area contributed by atoms with Crippen LogP contribution in [0.3, 0.4) is 0 Å². The van der Waals surface area contributed by atoms with Crippen molar-refractivity contribution in [3.05, 3.63) is 45.4 Å². The molecule has 0 saturated carbocycles. The van der Waals surface area contributed by atoms with Crippen molar-refractivity contribution in [2.45, 2.75) is 26.3 Å². The lowest BCUT2D eigenvalue weighted by Gasteiger charge is -2.03. The maximum atomic E-state index is 11.3. The van der Waals surface area contributed by atoms with Gasteiger partial charge in [0.15, 0.2) is 5.13 Å². The molecule has 0 aliphatic carbocycles. The van der Waals surface area contributed by atoms with Crippen LogP contribution in [0.25, 0.3) is 0 Å². The van der Waals surface area contributed by atoms with Crippen LogP contribution in [-0.2, 0) is 22.5 Å². The summed E-state index contributed by atoms with van der Waals surface area (Å²) in [6.45, 7) is 2.97. The Labute approximate surface area is 136 Å². The Balaban J connectivity index is 1.80. The Hall–Kier alpha value is -1.40. The second-order valence-corrected chi connectivity index (χ2v) is 6.20. The van der Waals surface area contributed by atoms with E-state index in [0.29, 0.717) is 19.4 Å². The zero-order chi connectivity index (χ0) is 15.1. The molecule has 2 rings (SSSR count). The Kier molecular flexibility index (Phi) is 6.20. The molecule has 21 heavy (non-hydrogen) atoms. The van der Waals surface area contributed by atoms with E-state index < -0.39 is 0 Å². The van der Waals surface area contributed by atoms with Crippen molar-refractivity contribution in [1.82, 2.24) is 4.98 Å². The minimum Gasteiger partial charge on any atom is -0.466 e. The predicted molar refractivity (Wildman–Crippen MR) is 88.5 cm³/mol. The number of halogens is 1. The van der Waals surface area contributed by atoms with E-state index in [4.69, 9.17) is 4.74 Å². The molecule has 0 atom stereocenters. The molecule has 0 saturated heterocycles. The van der Waals surface area contributed by atoms with E-state index in [-0.39, 0.29) is 5.97 Å². The number of nitrogens with zero attached hydrogens (tertiary/aromatic N) is 1. The third kappa shape index (κ3) is 5.47. The molecule has 0 bridgehead atoms. The van der Waals surface area contributed by atoms with Crippen LogP contribution in [0.4, 0.5) is 5.13 Å². The highest BCUT2D eigenvalue weighted by molar-refractivity contribution is 9.10. The van der Waals surface area contributed by atoms with Gasteiger partial charge < -0.3 is 10.1 Å². The van der Waals surface area contributed by atoms with Gasteiger partial charge >= 0.3 is 5.97 Å². The number of aryl methyl sites for hydroxylation is 1. The molecule has 1 aromatic heterocycles. The average molecular weight is 369 g/mol. The highest BCUT2D eigenvalue weighted by atomic mass is 79.9. The highest BCUT2D eigenvalue weighted by Crippen LogP contribution is 2.18. The molecule has 0 unspecified atom stereocenters. The number of ether oxygens (including phenoxy) is 1. The van der Waals surface area contributed by atoms with Gasteiger partial charge in [0.05, 0.1) is 18.7 Å². The number of rotatable bonds is 7. The highest BCUT2D eigenvalue weighted by Gasteiger charge is 2.06. The summed E-state index contributed by atoms with van der Waals surface area (Å²) in [5.41, 5.74) is 2.12. The van der Waals surface area contributed by atoms with Crippen LogP contribution in [0.1, 0.15) is 24.6 Å². The van der Waals surface area contributed by atoms with Gasteiger partial charge in [-0.2, -0.15) is 0 Å². The molecular formula is C15H17BrN2O2S. The third-order valence-corrected chi connectivity index (χ3v) is 4.18. The SMILES string of the molecule is CCOC(=O)CCc1csc(NCc2ccc(Br)cc2)n1. The van der Waals surface area contributed by atoms with Crippen LogP contribution in [0.2, 0.25) is 0 Å². The molecule has 1 heterocycles. The molecule has 112 valence electrons. The zero-order valence-electron chi connectivity index (χ0n) is 11.8. The van der Waals surface area contributed by atoms with Gasteiger partial charge in [0.2, 0.25) is 0 Å². The molecule has 6 heteroatoms. The maximum Gasteiger partial charge on any atom is 0.306 e. The fourth-order valence-corrected chi connectivity index (χ4v) is 2.75. The molecule has 0 radical (unpaired) electrons. The second kappa shape index (κ2) is 8.14. The summed E-state index contributed by atoms with van der Waals surface area (Å²) < 4.78 is 5.97. The summed E-state index contributed by atoms with van der Waals surface area (Å²) >= 11 is 4.97. The van der Waals surface area contributed by atoms with E-state index in [1.807, 2.05) is 24.4 Å². The van der Waals surface area contributed by atoms with Crippen LogP contribution < -0.4 is 5.32 Å². The van der Waals surface area contributed by atoms with Crippen molar-refractivity contribution in [2.24, 2.45) is 0 Å². The number of thiazole rings is 1. The molecule has 2 aromatic rings. The van der Waals surface area contributed by atoms with Gasteiger partial charge in [0, 0.05) is 22.8 Å². The largest absolute Gasteiger partial charge is 0.466 e. The number of carbonyl (C=O) groups excluding carboxylic acids is 1. The number of hydrogen-bond donors (Lipinski definition) is 1. The minimum absolute atomic E-state index is 0.171. The van der Waals surface area contributed by atoms with Gasteiger partial charge in [-0.15, -0.1) is 11.3 Å². The molecule has 1 N–H and O–H groups in total. The molecule has 0 amide bonds. The van der Waals surface area contributed by atoms with Gasteiger partial charge in [0.1, 0.15) is 0 Å². The topological polar surface area (TPSA) is 51.2 Å². The smallest absolute Gasteiger partial charge is 0.306 e. The van der Waals surface area contributed by atoms with Crippen molar-refractivity contribution in [3.63, 3.8) is 0 Å². The number of nitrogens with one attached hydrogen (secondary N) is 1. The van der Waals surface area contributed by atoms with E-state index in [1.54, 1.807) is 11.3 Å². The standard InChI is InChI=1S/C15H17BrN2O2S/c1-2-20-14(19)8-7-13-10-21-15(18-13)17-9-11-3-5-12(16)6-4-11/h3-6,10H,2,7-9H2,1H3,(H,17,18). The first kappa shape index (κ1) is 16.0. The van der Waals surface area contributed by atoms with Crippen LogP contribution in [0.15, 0.2) is 34.1 Å². The van der Waals surface area contributed by atoms with Crippen LogP contribution in [0.5, 0.6) is 0 Å². The number of aromatic nitrogens is 1. The number of carbonyl (C=O) groups is 1. The molecule has 1 aromatic carbocycles. The first-order valence-electron chi connectivity index (χ1n) is 6.75. The number of hydrogen-bond acceptors (Lipinski definition) is 5. The van der Waals surface area contributed by atoms with E-state index in [9.17, 15) is 4.79 Å². The monoisotopic (exact) mass is 368 g/mol. The average Bonchev–Trinajstić information content (AvgIpc) is 2.93. The normalized spacial score (nSPS) is 10.4. The van der Waals surface area contributed by atoms with Crippen LogP contribution in [-0.4, -0.2) is 17.6 Å². The predicted octanol–water partition coefficient (Wildman–Crippen LogP) is 4.01. The van der Waals surface area contributed by atoms with Crippen molar-refractivity contribution in [3.8, 4) is 0 Å². The Morgan fingerprint density at radius 3 is 2.86 bits per heavy atom. The minimum atomic E-state index is -0.171. The fourth-order valence-electron chi connectivity index (χ4n) is 1.75. The lowest BCUT2D eigenvalue weighted by atomic mass is 10.2. The molecule has 0 spiro atoms. The van der Waals surface area contributed by atoms with Gasteiger partial charge in [-0.05, 0) is 24.6 Å². The van der Waals surface area contributed by atoms with Crippen LogP contribution in [0, 0.1) is 0 Å². The van der Waals surface area contributed by atoms with Crippen LogP contribution >= 0.6 is 27.3 Å². The summed E-state index contributed by atoms with van der Waals surface area (Å²) in [6.07, 6.45) is 0.999. The van der Waals surface area contributed by atoms with Crippen molar-refractivity contribution < 1.29 is 9.53 Å². The van der Waals surface area contributed by atoms with Gasteiger partial charge in [0.25, 0.3) is 0 Å². The summed E-state index contributed by atoms with van der Waals surface area (Å²) in [5.74, 6) is -0.171. The molecule has 0 fully saturated rings. The summed E-state index contributed by atoms with van der Waals surface area (Å²) in [7, 11) is 0. The number of anilines is 1. The molecule has 0 aliphatic rings. The maximum absolute atomic E-state index is 11.3. The van der Waals surface area contributed by atoms with Crippen molar-refractivity contribution >= 4 is 38.4 Å². The van der Waals surface area contributed by atoms with Gasteiger partial charge in [-0.3, -0.25) is 4.79 Å². The lowest BCUT2D eigenvalue weighted by molar-refractivity contribution is -0.143. The lowest BCUT2D eigenvalue weighted by Crippen LogP contribution is -2.05. The quantitative estimate of drug-likeness (QED) is 0.750. The first-order valence-corrected chi connectivity index (χ1v) is 8.43. The summed E-state index contributed by atoms with van der Waals surface area (Å²) in [4.78, 5) is 15.8. The zero-order valence-corrected chi connectivity index (χ0v) is 14.2. The number of esters is 1. The van der Waals surface area contributed by atoms with Crippen molar-refractivity contribution in [1.29, 1.82) is 0 Å². The number of benzene rings is 1. The summed E-state index contributed by atoms with van der Waals surface area (Å²) in [5, 5.41) is 6.14. The molecular weight excluding hydrogens is 352 g/mol. The Morgan fingerprint density at radius 1 is 1.38 bits per heavy atom. The summed E-state index contributed by atoms with van der Waals surface area (Å²) in [6, 6.07) is 8.16. The van der Waals surface area contributed by atoms with Gasteiger partial charge in [-0.1, -0.05) is 28.1 Å². The third-order valence-electron chi connectivity index (χ3n) is 2.80. The Bertz CT molecular complexity index is 584. The first-order chi connectivity index (χ1) is 10.2. The van der Waals surface area contributed by atoms with E-state index >= 15 is 0 Å². The van der Waals surface area contributed by atoms with E-state index in [0.717, 1.165) is 21.8 Å². The Morgan fingerprint density at radius 2 is 2.14 bits per heavy atom. The second-order valence-electron chi connectivity index (χ2n) is 4.43. The van der Waals surface area contributed by atoms with E-state index in [1.165, 1.54) is 5.56 Å². The molecule has 0 aliphatic heterocycles. The van der Waals surface area contributed by atoms with E-state index in [2.05, 4.69) is 38.4 Å².